The van der Waals surface area contributed by atoms with Crippen LogP contribution in [0.1, 0.15) is 32.9 Å². The second-order valence-electron chi connectivity index (χ2n) is 7.33. The smallest absolute Gasteiger partial charge is 0.257 e. The normalized spacial score (nSPS) is 11.3. The summed E-state index contributed by atoms with van der Waals surface area (Å²) in [6.45, 7) is 7.74. The average Bonchev–Trinajstić information content (AvgIpc) is 2.95. The molecule has 0 aliphatic carbocycles. The van der Waals surface area contributed by atoms with Gasteiger partial charge >= 0.3 is 0 Å². The summed E-state index contributed by atoms with van der Waals surface area (Å²) in [7, 11) is -3.41. The fourth-order valence-electron chi connectivity index (χ4n) is 3.28. The number of carbonyl (C=O) groups excluding carboxylic acids is 1. The van der Waals surface area contributed by atoms with Crippen molar-refractivity contribution in [2.45, 2.75) is 27.7 Å². The number of aryl methyl sites for hydroxylation is 4. The molecule has 152 valence electrons. The van der Waals surface area contributed by atoms with Gasteiger partial charge in [0.25, 0.3) is 5.91 Å². The number of benzene rings is 2. The molecular weight excluding hydrogens is 386 g/mol. The highest BCUT2D eigenvalue weighted by Gasteiger charge is 2.16. The van der Waals surface area contributed by atoms with Crippen LogP contribution in [0, 0.1) is 27.7 Å². The fraction of sp³-hybridized carbons (Fsp3) is 0.227. The van der Waals surface area contributed by atoms with Gasteiger partial charge in [0.05, 0.1) is 23.2 Å². The van der Waals surface area contributed by atoms with E-state index in [0.717, 1.165) is 34.5 Å². The number of nitrogens with zero attached hydrogens (tertiary/aromatic N) is 1. The van der Waals surface area contributed by atoms with Crippen molar-refractivity contribution in [1.29, 1.82) is 0 Å². The number of rotatable bonds is 5. The Kier molecular flexibility index (Phi) is 5.53. The maximum atomic E-state index is 13.1. The van der Waals surface area contributed by atoms with Crippen molar-refractivity contribution in [1.82, 2.24) is 4.57 Å². The lowest BCUT2D eigenvalue weighted by Crippen LogP contribution is -2.17. The van der Waals surface area contributed by atoms with Crippen molar-refractivity contribution in [2.75, 3.05) is 16.3 Å². The lowest BCUT2D eigenvalue weighted by atomic mass is 10.1. The molecule has 3 rings (SSSR count). The van der Waals surface area contributed by atoms with Crippen molar-refractivity contribution in [3.8, 4) is 5.69 Å². The number of hydrogen-bond acceptors (Lipinski definition) is 3. The summed E-state index contributed by atoms with van der Waals surface area (Å²) in [5.41, 5.74) is 6.12. The molecule has 0 atom stereocenters. The molecule has 7 heteroatoms. The Hall–Kier alpha value is -3.06. The molecule has 1 aromatic heterocycles. The van der Waals surface area contributed by atoms with Gasteiger partial charge in [-0.3, -0.25) is 9.52 Å². The highest BCUT2D eigenvalue weighted by molar-refractivity contribution is 7.92. The van der Waals surface area contributed by atoms with Crippen LogP contribution in [0.4, 0.5) is 11.4 Å². The van der Waals surface area contributed by atoms with E-state index in [2.05, 4.69) is 10.0 Å². The third-order valence-corrected chi connectivity index (χ3v) is 5.29. The molecule has 0 unspecified atom stereocenters. The first-order valence-electron chi connectivity index (χ1n) is 9.21. The van der Waals surface area contributed by atoms with Crippen LogP contribution in [0.15, 0.2) is 48.5 Å². The summed E-state index contributed by atoms with van der Waals surface area (Å²) < 4.78 is 27.7. The zero-order valence-corrected chi connectivity index (χ0v) is 18.0. The van der Waals surface area contributed by atoms with Gasteiger partial charge in [-0.25, -0.2) is 8.42 Å². The quantitative estimate of drug-likeness (QED) is 0.656. The van der Waals surface area contributed by atoms with E-state index in [9.17, 15) is 13.2 Å². The minimum atomic E-state index is -3.41. The van der Waals surface area contributed by atoms with Crippen molar-refractivity contribution >= 4 is 27.3 Å². The fourth-order valence-corrected chi connectivity index (χ4v) is 3.90. The van der Waals surface area contributed by atoms with Crippen molar-refractivity contribution in [3.63, 3.8) is 0 Å². The monoisotopic (exact) mass is 411 g/mol. The molecule has 0 saturated heterocycles. The minimum Gasteiger partial charge on any atom is -0.322 e. The number of hydrogen-bond donors (Lipinski definition) is 2. The first-order chi connectivity index (χ1) is 13.5. The van der Waals surface area contributed by atoms with E-state index < -0.39 is 10.0 Å². The average molecular weight is 412 g/mol. The Balaban J connectivity index is 1.98. The molecule has 0 aliphatic heterocycles. The largest absolute Gasteiger partial charge is 0.322 e. The standard InChI is InChI=1S/C22H25N3O3S/c1-14-6-11-21(25-16(3)8-9-17(25)4)19(12-14)22(26)23-18-10-7-15(2)20(13-18)24-29(5,27)28/h6-13,24H,1-5H3,(H,23,26). The molecule has 1 heterocycles. The molecule has 0 spiro atoms. The van der Waals surface area contributed by atoms with Gasteiger partial charge in [0.2, 0.25) is 10.0 Å². The highest BCUT2D eigenvalue weighted by atomic mass is 32.2. The summed E-state index contributed by atoms with van der Waals surface area (Å²) >= 11 is 0. The van der Waals surface area contributed by atoms with Crippen LogP contribution in [0.25, 0.3) is 5.69 Å². The SMILES string of the molecule is Cc1ccc(-n2c(C)ccc2C)c(C(=O)Nc2ccc(C)c(NS(C)(=O)=O)c2)c1. The van der Waals surface area contributed by atoms with Gasteiger partial charge in [0, 0.05) is 17.1 Å². The molecule has 2 N–H and O–H groups in total. The summed E-state index contributed by atoms with van der Waals surface area (Å²) in [5, 5.41) is 2.89. The van der Waals surface area contributed by atoms with Crippen LogP contribution < -0.4 is 10.0 Å². The predicted molar refractivity (Wildman–Crippen MR) is 118 cm³/mol. The first-order valence-corrected chi connectivity index (χ1v) is 11.1. The second-order valence-corrected chi connectivity index (χ2v) is 9.08. The van der Waals surface area contributed by atoms with Crippen LogP contribution in [0.2, 0.25) is 0 Å². The Labute approximate surface area is 171 Å². The molecule has 2 aromatic carbocycles. The van der Waals surface area contributed by atoms with Gasteiger partial charge in [-0.2, -0.15) is 0 Å². The molecule has 0 saturated carbocycles. The second kappa shape index (κ2) is 7.75. The van der Waals surface area contributed by atoms with E-state index >= 15 is 0 Å². The Morgan fingerprint density at radius 2 is 1.55 bits per heavy atom. The first kappa shape index (κ1) is 20.7. The Bertz CT molecular complexity index is 1170. The third kappa shape index (κ3) is 4.68. The van der Waals surface area contributed by atoms with E-state index in [1.165, 1.54) is 0 Å². The molecule has 3 aromatic rings. The van der Waals surface area contributed by atoms with E-state index in [-0.39, 0.29) is 5.91 Å². The summed E-state index contributed by atoms with van der Waals surface area (Å²) in [6.07, 6.45) is 1.10. The third-order valence-electron chi connectivity index (χ3n) is 4.70. The topological polar surface area (TPSA) is 80.2 Å². The zero-order valence-electron chi connectivity index (χ0n) is 17.2. The van der Waals surface area contributed by atoms with E-state index in [0.29, 0.717) is 16.9 Å². The molecule has 0 radical (unpaired) electrons. The summed E-state index contributed by atoms with van der Waals surface area (Å²) in [4.78, 5) is 13.1. The van der Waals surface area contributed by atoms with Crippen LogP contribution in [0.3, 0.4) is 0 Å². The van der Waals surface area contributed by atoms with Gasteiger partial charge in [0.1, 0.15) is 0 Å². The highest BCUT2D eigenvalue weighted by Crippen LogP contribution is 2.25. The van der Waals surface area contributed by atoms with Gasteiger partial charge in [0.15, 0.2) is 0 Å². The van der Waals surface area contributed by atoms with Gasteiger partial charge in [-0.05, 0) is 69.7 Å². The van der Waals surface area contributed by atoms with Crippen LogP contribution in [-0.2, 0) is 10.0 Å². The molecule has 1 amide bonds. The summed E-state index contributed by atoms with van der Waals surface area (Å²) in [5.74, 6) is -0.259. The lowest BCUT2D eigenvalue weighted by molar-refractivity contribution is 0.102. The molecule has 29 heavy (non-hydrogen) atoms. The number of sulfonamides is 1. The minimum absolute atomic E-state index is 0.259. The number of nitrogens with one attached hydrogen (secondary N) is 2. The maximum absolute atomic E-state index is 13.1. The number of aromatic nitrogens is 1. The maximum Gasteiger partial charge on any atom is 0.257 e. The molecule has 0 aliphatic rings. The number of amides is 1. The Morgan fingerprint density at radius 1 is 0.897 bits per heavy atom. The molecule has 0 bridgehead atoms. The molecular formula is C22H25N3O3S. The van der Waals surface area contributed by atoms with Gasteiger partial charge < -0.3 is 9.88 Å². The molecule has 6 nitrogen and oxygen atoms in total. The van der Waals surface area contributed by atoms with E-state index in [4.69, 9.17) is 0 Å². The van der Waals surface area contributed by atoms with E-state index in [1.807, 2.05) is 55.7 Å². The summed E-state index contributed by atoms with van der Waals surface area (Å²) in [6, 6.07) is 14.9. The Morgan fingerprint density at radius 3 is 2.17 bits per heavy atom. The zero-order chi connectivity index (χ0) is 21.3. The molecule has 0 fully saturated rings. The van der Waals surface area contributed by atoms with Crippen molar-refractivity contribution in [2.24, 2.45) is 0 Å². The van der Waals surface area contributed by atoms with Crippen LogP contribution >= 0.6 is 0 Å². The van der Waals surface area contributed by atoms with E-state index in [1.54, 1.807) is 25.1 Å². The van der Waals surface area contributed by atoms with Gasteiger partial charge in [-0.15, -0.1) is 0 Å². The predicted octanol–water partition coefficient (Wildman–Crippen LogP) is 4.33. The van der Waals surface area contributed by atoms with Crippen molar-refractivity contribution < 1.29 is 13.2 Å². The van der Waals surface area contributed by atoms with Crippen LogP contribution in [0.5, 0.6) is 0 Å². The van der Waals surface area contributed by atoms with Crippen LogP contribution in [-0.4, -0.2) is 25.1 Å². The van der Waals surface area contributed by atoms with Gasteiger partial charge in [-0.1, -0.05) is 17.7 Å². The van der Waals surface area contributed by atoms with Crippen molar-refractivity contribution in [3.05, 3.63) is 76.6 Å². The lowest BCUT2D eigenvalue weighted by Gasteiger charge is -2.16. The number of anilines is 2. The number of carbonyl (C=O) groups is 1.